The molecule has 1 aromatic heterocycles. The molecular formula is C49H31NO2. The predicted octanol–water partition coefficient (Wildman–Crippen LogP) is 13.2. The van der Waals surface area contributed by atoms with Crippen LogP contribution in [0.1, 0.15) is 22.3 Å². The van der Waals surface area contributed by atoms with Crippen molar-refractivity contribution in [3.05, 3.63) is 210 Å². The molecule has 0 unspecified atom stereocenters. The van der Waals surface area contributed by atoms with E-state index in [-0.39, 0.29) is 0 Å². The summed E-state index contributed by atoms with van der Waals surface area (Å²) in [6.07, 6.45) is 0. The van der Waals surface area contributed by atoms with Gasteiger partial charge in [-0.25, -0.2) is 0 Å². The molecule has 1 aliphatic carbocycles. The Bertz CT molecular complexity index is 2790. The van der Waals surface area contributed by atoms with Crippen molar-refractivity contribution in [1.82, 2.24) is 0 Å². The van der Waals surface area contributed by atoms with Crippen molar-refractivity contribution < 1.29 is 9.15 Å². The maximum absolute atomic E-state index is 6.58. The van der Waals surface area contributed by atoms with Gasteiger partial charge in [-0.2, -0.15) is 0 Å². The molecule has 52 heavy (non-hydrogen) atoms. The van der Waals surface area contributed by atoms with Crippen LogP contribution in [0.3, 0.4) is 0 Å². The molecule has 244 valence electrons. The lowest BCUT2D eigenvalue weighted by atomic mass is 9.66. The summed E-state index contributed by atoms with van der Waals surface area (Å²) in [7, 11) is 0. The van der Waals surface area contributed by atoms with Gasteiger partial charge in [0.2, 0.25) is 0 Å². The van der Waals surface area contributed by atoms with Gasteiger partial charge in [-0.15, -0.1) is 0 Å². The molecule has 0 radical (unpaired) electrons. The second-order valence-corrected chi connectivity index (χ2v) is 13.6. The van der Waals surface area contributed by atoms with Crippen molar-refractivity contribution in [3.63, 3.8) is 0 Å². The minimum Gasteiger partial charge on any atom is -0.457 e. The van der Waals surface area contributed by atoms with Crippen LogP contribution in [0.15, 0.2) is 192 Å². The van der Waals surface area contributed by atoms with E-state index in [0.29, 0.717) is 0 Å². The van der Waals surface area contributed by atoms with Crippen LogP contribution in [0.4, 0.5) is 17.1 Å². The van der Waals surface area contributed by atoms with Crippen LogP contribution in [-0.2, 0) is 5.41 Å². The van der Waals surface area contributed by atoms with Gasteiger partial charge in [-0.3, -0.25) is 0 Å². The maximum atomic E-state index is 6.58. The highest BCUT2D eigenvalue weighted by molar-refractivity contribution is 6.06. The minimum absolute atomic E-state index is 0.532. The van der Waals surface area contributed by atoms with Gasteiger partial charge in [-0.1, -0.05) is 121 Å². The highest BCUT2D eigenvalue weighted by Crippen LogP contribution is 2.62. The Morgan fingerprint density at radius 3 is 1.73 bits per heavy atom. The van der Waals surface area contributed by atoms with E-state index in [1.54, 1.807) is 0 Å². The first kappa shape index (κ1) is 28.9. The molecule has 2 aliphatic rings. The molecule has 0 saturated carbocycles. The molecule has 0 bridgehead atoms. The first-order chi connectivity index (χ1) is 25.8. The normalized spacial score (nSPS) is 13.3. The summed E-state index contributed by atoms with van der Waals surface area (Å²) in [5.74, 6) is 1.79. The molecule has 1 aliphatic heterocycles. The van der Waals surface area contributed by atoms with Crippen molar-refractivity contribution in [2.45, 2.75) is 5.41 Å². The number of rotatable bonds is 4. The monoisotopic (exact) mass is 665 g/mol. The van der Waals surface area contributed by atoms with E-state index in [1.165, 1.54) is 22.3 Å². The van der Waals surface area contributed by atoms with Crippen LogP contribution >= 0.6 is 0 Å². The van der Waals surface area contributed by atoms with E-state index >= 15 is 0 Å². The predicted molar refractivity (Wildman–Crippen MR) is 211 cm³/mol. The summed E-state index contributed by atoms with van der Waals surface area (Å²) in [6, 6.07) is 67.2. The summed E-state index contributed by atoms with van der Waals surface area (Å²) in [5, 5.41) is 2.27. The molecule has 9 aromatic rings. The number of hydrogen-bond donors (Lipinski definition) is 0. The van der Waals surface area contributed by atoms with E-state index in [2.05, 4.69) is 181 Å². The molecule has 3 nitrogen and oxygen atoms in total. The van der Waals surface area contributed by atoms with Crippen LogP contribution in [0.5, 0.6) is 11.5 Å². The highest BCUT2D eigenvalue weighted by Gasteiger charge is 2.51. The van der Waals surface area contributed by atoms with E-state index in [0.717, 1.165) is 72.8 Å². The van der Waals surface area contributed by atoms with Gasteiger partial charge in [0.25, 0.3) is 0 Å². The maximum Gasteiger partial charge on any atom is 0.135 e. The molecule has 3 heteroatoms. The Morgan fingerprint density at radius 1 is 0.365 bits per heavy atom. The fourth-order valence-corrected chi connectivity index (χ4v) is 8.71. The second kappa shape index (κ2) is 11.1. The van der Waals surface area contributed by atoms with E-state index in [1.807, 2.05) is 12.1 Å². The van der Waals surface area contributed by atoms with Gasteiger partial charge >= 0.3 is 0 Å². The third-order valence-electron chi connectivity index (χ3n) is 10.9. The Morgan fingerprint density at radius 2 is 0.942 bits per heavy atom. The number of ether oxygens (including phenoxy) is 1. The lowest BCUT2D eigenvalue weighted by Crippen LogP contribution is -2.32. The average molecular weight is 666 g/mol. The van der Waals surface area contributed by atoms with Crippen molar-refractivity contribution in [2.75, 3.05) is 4.90 Å². The van der Waals surface area contributed by atoms with Crippen molar-refractivity contribution >= 4 is 39.0 Å². The number of hydrogen-bond acceptors (Lipinski definition) is 3. The van der Waals surface area contributed by atoms with E-state index < -0.39 is 5.41 Å². The van der Waals surface area contributed by atoms with Crippen LogP contribution in [0.25, 0.3) is 44.2 Å². The molecule has 0 atom stereocenters. The van der Waals surface area contributed by atoms with Gasteiger partial charge in [0, 0.05) is 39.0 Å². The van der Waals surface area contributed by atoms with Crippen LogP contribution in [-0.4, -0.2) is 0 Å². The first-order valence-corrected chi connectivity index (χ1v) is 17.8. The summed E-state index contributed by atoms with van der Waals surface area (Å²) < 4.78 is 12.7. The minimum atomic E-state index is -0.532. The van der Waals surface area contributed by atoms with Crippen LogP contribution < -0.4 is 9.64 Å². The largest absolute Gasteiger partial charge is 0.457 e. The summed E-state index contributed by atoms with van der Waals surface area (Å²) >= 11 is 0. The molecule has 2 heterocycles. The Labute approximate surface area is 301 Å². The van der Waals surface area contributed by atoms with Gasteiger partial charge in [-0.05, 0) is 100 Å². The Kier molecular flexibility index (Phi) is 6.17. The Hall–Kier alpha value is -6.84. The molecule has 1 spiro atoms. The van der Waals surface area contributed by atoms with Crippen LogP contribution in [0.2, 0.25) is 0 Å². The quantitative estimate of drug-likeness (QED) is 0.187. The third kappa shape index (κ3) is 4.08. The SMILES string of the molecule is c1ccc(N(c2ccc(-c3ccc4oc5ccccc5c4c3)cc2)c2ccc3c(c2)C2(c4ccccc4Oc4ccccc42)c2ccccc2-3)cc1. The fourth-order valence-electron chi connectivity index (χ4n) is 8.71. The molecule has 0 fully saturated rings. The first-order valence-electron chi connectivity index (χ1n) is 17.8. The lowest BCUT2D eigenvalue weighted by molar-refractivity contribution is 0.436. The Balaban J connectivity index is 1.09. The number of furan rings is 1. The van der Waals surface area contributed by atoms with Gasteiger partial charge < -0.3 is 14.1 Å². The van der Waals surface area contributed by atoms with Gasteiger partial charge in [0.1, 0.15) is 22.7 Å². The number of anilines is 3. The molecule has 0 N–H and O–H groups in total. The number of nitrogens with zero attached hydrogens (tertiary/aromatic N) is 1. The third-order valence-corrected chi connectivity index (χ3v) is 10.9. The fraction of sp³-hybridized carbons (Fsp3) is 0.0204. The average Bonchev–Trinajstić information content (AvgIpc) is 3.72. The molecule has 0 amide bonds. The highest BCUT2D eigenvalue weighted by atomic mass is 16.5. The van der Waals surface area contributed by atoms with Crippen molar-refractivity contribution in [1.29, 1.82) is 0 Å². The number of fused-ring (bicyclic) bond motifs is 12. The zero-order valence-corrected chi connectivity index (χ0v) is 28.2. The zero-order valence-electron chi connectivity index (χ0n) is 28.2. The van der Waals surface area contributed by atoms with E-state index in [9.17, 15) is 0 Å². The smallest absolute Gasteiger partial charge is 0.135 e. The number of para-hydroxylation sites is 4. The molecule has 0 saturated heterocycles. The van der Waals surface area contributed by atoms with Gasteiger partial charge in [0.15, 0.2) is 0 Å². The second-order valence-electron chi connectivity index (χ2n) is 13.6. The zero-order chi connectivity index (χ0) is 34.2. The number of benzene rings is 8. The summed E-state index contributed by atoms with van der Waals surface area (Å²) in [5.41, 5.74) is 14.2. The molecule has 11 rings (SSSR count). The summed E-state index contributed by atoms with van der Waals surface area (Å²) in [6.45, 7) is 0. The van der Waals surface area contributed by atoms with Crippen LogP contribution in [0, 0.1) is 0 Å². The molecule has 8 aromatic carbocycles. The summed E-state index contributed by atoms with van der Waals surface area (Å²) in [4.78, 5) is 2.37. The van der Waals surface area contributed by atoms with Gasteiger partial charge in [0.05, 0.1) is 5.41 Å². The molecular weight excluding hydrogens is 635 g/mol. The lowest BCUT2D eigenvalue weighted by Gasteiger charge is -2.39. The van der Waals surface area contributed by atoms with Crippen molar-refractivity contribution in [2.24, 2.45) is 0 Å². The van der Waals surface area contributed by atoms with E-state index in [4.69, 9.17) is 9.15 Å². The van der Waals surface area contributed by atoms with Crippen molar-refractivity contribution in [3.8, 4) is 33.8 Å². The topological polar surface area (TPSA) is 25.6 Å². The standard InChI is InChI=1S/C49H31NO2/c1-2-12-34(13-3-1)50(35-25-22-32(23-26-35)33-24-29-46-40(30-33)39-15-5-9-19-45(39)51-46)36-27-28-38-37-14-4-6-16-41(37)49(44(38)31-36)42-17-7-10-20-47(42)52-48-21-11-8-18-43(48)49/h1-31H.